The Kier molecular flexibility index (Phi) is 4.73. The molecule has 3 heterocycles. The van der Waals surface area contributed by atoms with Gasteiger partial charge in [0, 0.05) is 18.4 Å². The van der Waals surface area contributed by atoms with Crippen molar-refractivity contribution in [3.63, 3.8) is 0 Å². The molecule has 3 aromatic heterocycles. The first-order chi connectivity index (χ1) is 11.2. The third-order valence-corrected chi connectivity index (χ3v) is 4.25. The molecule has 0 radical (unpaired) electrons. The number of aryl methyl sites for hydroxylation is 1. The van der Waals surface area contributed by atoms with E-state index < -0.39 is 0 Å². The number of hydrogen-bond donors (Lipinski definition) is 2. The Labute approximate surface area is 136 Å². The molecular formula is C15H18N4O3S. The minimum absolute atomic E-state index is 0.0160. The molecule has 0 spiro atoms. The first kappa shape index (κ1) is 15.7. The molecule has 0 amide bonds. The van der Waals surface area contributed by atoms with Crippen molar-refractivity contribution in [1.82, 2.24) is 14.6 Å². The van der Waals surface area contributed by atoms with E-state index in [4.69, 9.17) is 4.42 Å². The summed E-state index contributed by atoms with van der Waals surface area (Å²) in [6.45, 7) is 2.06. The van der Waals surface area contributed by atoms with Crippen molar-refractivity contribution in [3.8, 4) is 0 Å². The summed E-state index contributed by atoms with van der Waals surface area (Å²) < 4.78 is 6.68. The molecule has 0 aromatic carbocycles. The fourth-order valence-corrected chi connectivity index (χ4v) is 3.23. The van der Waals surface area contributed by atoms with Gasteiger partial charge in [-0.1, -0.05) is 24.7 Å². The quantitative estimate of drug-likeness (QED) is 0.688. The standard InChI is InChI=1S/C15H18N4O3S/c1-2-4-10-9-13(21)19-15(16-10)23-14(18-19)17-11(6-7-20)12-5-3-8-22-12/h3,5,8-9,11,20H,2,4,6-7H2,1H3,(H,17,18). The van der Waals surface area contributed by atoms with Gasteiger partial charge in [0.15, 0.2) is 0 Å². The molecule has 0 aliphatic carbocycles. The SMILES string of the molecule is CCCc1cc(=O)n2nc(NC(CCO)c3ccco3)sc2n1. The molecule has 3 aromatic rings. The van der Waals surface area contributed by atoms with E-state index in [1.54, 1.807) is 12.3 Å². The van der Waals surface area contributed by atoms with Crippen LogP contribution in [0.5, 0.6) is 0 Å². The Balaban J connectivity index is 1.90. The molecular weight excluding hydrogens is 316 g/mol. The molecule has 3 rings (SSSR count). The Bertz CT molecular complexity index is 825. The normalized spacial score (nSPS) is 12.6. The molecule has 1 unspecified atom stereocenters. The van der Waals surface area contributed by atoms with Gasteiger partial charge in [-0.05, 0) is 25.0 Å². The summed E-state index contributed by atoms with van der Waals surface area (Å²) in [7, 11) is 0. The summed E-state index contributed by atoms with van der Waals surface area (Å²) >= 11 is 1.31. The van der Waals surface area contributed by atoms with Gasteiger partial charge in [-0.25, -0.2) is 4.98 Å². The molecule has 0 fully saturated rings. The van der Waals surface area contributed by atoms with Crippen LogP contribution in [0.3, 0.4) is 0 Å². The second-order valence-electron chi connectivity index (χ2n) is 5.16. The lowest BCUT2D eigenvalue weighted by atomic mass is 10.1. The van der Waals surface area contributed by atoms with E-state index in [0.717, 1.165) is 18.5 Å². The zero-order valence-electron chi connectivity index (χ0n) is 12.7. The lowest BCUT2D eigenvalue weighted by Crippen LogP contribution is -2.16. The maximum absolute atomic E-state index is 12.1. The van der Waals surface area contributed by atoms with Crippen LogP contribution in [0.1, 0.15) is 37.3 Å². The lowest BCUT2D eigenvalue weighted by molar-refractivity contribution is 0.273. The van der Waals surface area contributed by atoms with Crippen molar-refractivity contribution >= 4 is 21.4 Å². The van der Waals surface area contributed by atoms with Gasteiger partial charge in [-0.2, -0.15) is 4.52 Å². The summed E-state index contributed by atoms with van der Waals surface area (Å²) in [5, 5.41) is 17.3. The van der Waals surface area contributed by atoms with E-state index in [-0.39, 0.29) is 18.2 Å². The van der Waals surface area contributed by atoms with Gasteiger partial charge in [0.2, 0.25) is 10.1 Å². The van der Waals surface area contributed by atoms with Gasteiger partial charge in [0.1, 0.15) is 5.76 Å². The average Bonchev–Trinajstić information content (AvgIpc) is 3.16. The summed E-state index contributed by atoms with van der Waals surface area (Å²) in [6.07, 6.45) is 3.77. The number of aliphatic hydroxyl groups excluding tert-OH is 1. The maximum atomic E-state index is 12.1. The van der Waals surface area contributed by atoms with Crippen LogP contribution in [-0.4, -0.2) is 26.3 Å². The predicted octanol–water partition coefficient (Wildman–Crippen LogP) is 2.23. The van der Waals surface area contributed by atoms with E-state index in [1.807, 2.05) is 13.0 Å². The monoisotopic (exact) mass is 334 g/mol. The highest BCUT2D eigenvalue weighted by molar-refractivity contribution is 7.20. The van der Waals surface area contributed by atoms with Crippen LogP contribution in [0.15, 0.2) is 33.7 Å². The van der Waals surface area contributed by atoms with Crippen LogP contribution < -0.4 is 10.9 Å². The van der Waals surface area contributed by atoms with Gasteiger partial charge < -0.3 is 14.8 Å². The zero-order chi connectivity index (χ0) is 16.2. The third-order valence-electron chi connectivity index (χ3n) is 3.41. The Morgan fingerprint density at radius 3 is 3.09 bits per heavy atom. The Morgan fingerprint density at radius 2 is 2.39 bits per heavy atom. The number of nitrogens with zero attached hydrogens (tertiary/aromatic N) is 3. The maximum Gasteiger partial charge on any atom is 0.275 e. The van der Waals surface area contributed by atoms with Crippen LogP contribution >= 0.6 is 11.3 Å². The summed E-state index contributed by atoms with van der Waals surface area (Å²) in [5.41, 5.74) is 0.602. The van der Waals surface area contributed by atoms with Crippen LogP contribution in [0.4, 0.5) is 5.13 Å². The first-order valence-electron chi connectivity index (χ1n) is 7.52. The van der Waals surface area contributed by atoms with Gasteiger partial charge in [0.25, 0.3) is 5.56 Å². The van der Waals surface area contributed by atoms with Gasteiger partial charge in [0.05, 0.1) is 12.3 Å². The Morgan fingerprint density at radius 1 is 1.52 bits per heavy atom. The molecule has 7 nitrogen and oxygen atoms in total. The number of furan rings is 1. The van der Waals surface area contributed by atoms with Crippen LogP contribution in [-0.2, 0) is 6.42 Å². The lowest BCUT2D eigenvalue weighted by Gasteiger charge is -2.13. The number of fused-ring (bicyclic) bond motifs is 1. The Hall–Kier alpha value is -2.19. The van der Waals surface area contributed by atoms with E-state index in [0.29, 0.717) is 22.3 Å². The van der Waals surface area contributed by atoms with Crippen LogP contribution in [0.2, 0.25) is 0 Å². The molecule has 1 atom stereocenters. The fraction of sp³-hybridized carbons (Fsp3) is 0.400. The molecule has 0 bridgehead atoms. The molecule has 2 N–H and O–H groups in total. The highest BCUT2D eigenvalue weighted by Crippen LogP contribution is 2.25. The molecule has 23 heavy (non-hydrogen) atoms. The fourth-order valence-electron chi connectivity index (χ4n) is 2.35. The number of hydrogen-bond acceptors (Lipinski definition) is 7. The molecule has 122 valence electrons. The minimum Gasteiger partial charge on any atom is -0.467 e. The molecule has 8 heteroatoms. The topological polar surface area (TPSA) is 92.7 Å². The summed E-state index contributed by atoms with van der Waals surface area (Å²) in [5.74, 6) is 0.713. The van der Waals surface area contributed by atoms with Crippen molar-refractivity contribution in [2.75, 3.05) is 11.9 Å². The van der Waals surface area contributed by atoms with Gasteiger partial charge in [-0.3, -0.25) is 4.79 Å². The van der Waals surface area contributed by atoms with Crippen molar-refractivity contribution in [1.29, 1.82) is 0 Å². The smallest absolute Gasteiger partial charge is 0.275 e. The van der Waals surface area contributed by atoms with E-state index in [2.05, 4.69) is 15.4 Å². The zero-order valence-corrected chi connectivity index (χ0v) is 13.5. The van der Waals surface area contributed by atoms with Crippen LogP contribution in [0.25, 0.3) is 4.96 Å². The number of anilines is 1. The molecule has 0 saturated carbocycles. The van der Waals surface area contributed by atoms with E-state index in [1.165, 1.54) is 21.9 Å². The molecule has 0 aliphatic heterocycles. The predicted molar refractivity (Wildman–Crippen MR) is 87.9 cm³/mol. The second kappa shape index (κ2) is 6.93. The first-order valence-corrected chi connectivity index (χ1v) is 8.33. The van der Waals surface area contributed by atoms with Gasteiger partial charge in [-0.15, -0.1) is 5.10 Å². The molecule has 0 saturated heterocycles. The minimum atomic E-state index is -0.207. The number of rotatable bonds is 7. The van der Waals surface area contributed by atoms with Crippen molar-refractivity contribution < 1.29 is 9.52 Å². The number of aromatic nitrogens is 3. The van der Waals surface area contributed by atoms with Crippen molar-refractivity contribution in [3.05, 3.63) is 46.3 Å². The third kappa shape index (κ3) is 3.43. The van der Waals surface area contributed by atoms with Crippen molar-refractivity contribution in [2.45, 2.75) is 32.2 Å². The van der Waals surface area contributed by atoms with Crippen LogP contribution in [0, 0.1) is 0 Å². The molecule has 0 aliphatic rings. The highest BCUT2D eigenvalue weighted by atomic mass is 32.1. The van der Waals surface area contributed by atoms with E-state index in [9.17, 15) is 9.90 Å². The average molecular weight is 334 g/mol. The van der Waals surface area contributed by atoms with Gasteiger partial charge >= 0.3 is 0 Å². The number of aliphatic hydroxyl groups is 1. The van der Waals surface area contributed by atoms with Crippen molar-refractivity contribution in [2.24, 2.45) is 0 Å². The summed E-state index contributed by atoms with van der Waals surface area (Å²) in [6, 6.07) is 4.95. The van der Waals surface area contributed by atoms with E-state index >= 15 is 0 Å². The highest BCUT2D eigenvalue weighted by Gasteiger charge is 2.17. The summed E-state index contributed by atoms with van der Waals surface area (Å²) in [4.78, 5) is 17.1. The second-order valence-corrected chi connectivity index (χ2v) is 6.12. The largest absolute Gasteiger partial charge is 0.467 e. The number of nitrogens with one attached hydrogen (secondary N) is 1.